The SMILES string of the molecule is CC(C)(C)C(O)C(O)CC1CCCC(F)(F)C1. The Hall–Kier alpha value is -0.220. The van der Waals surface area contributed by atoms with Gasteiger partial charge in [0.1, 0.15) is 0 Å². The van der Waals surface area contributed by atoms with Crippen LogP contribution < -0.4 is 0 Å². The minimum absolute atomic E-state index is 0.0403. The first-order valence-electron chi connectivity index (χ1n) is 6.36. The second kappa shape index (κ2) is 5.19. The molecule has 0 aliphatic heterocycles. The summed E-state index contributed by atoms with van der Waals surface area (Å²) in [6.07, 6.45) is -0.456. The molecule has 17 heavy (non-hydrogen) atoms. The molecule has 1 aliphatic rings. The summed E-state index contributed by atoms with van der Waals surface area (Å²) < 4.78 is 26.4. The molecule has 3 unspecified atom stereocenters. The van der Waals surface area contributed by atoms with E-state index in [2.05, 4.69) is 0 Å². The van der Waals surface area contributed by atoms with Gasteiger partial charge in [-0.15, -0.1) is 0 Å². The number of hydrogen-bond donors (Lipinski definition) is 2. The fourth-order valence-electron chi connectivity index (χ4n) is 2.52. The van der Waals surface area contributed by atoms with Crippen LogP contribution in [0, 0.1) is 11.3 Å². The zero-order chi connectivity index (χ0) is 13.3. The molecule has 1 rings (SSSR count). The number of rotatable bonds is 3. The van der Waals surface area contributed by atoms with Gasteiger partial charge in [0.05, 0.1) is 12.2 Å². The molecule has 0 heterocycles. The van der Waals surface area contributed by atoms with Crippen molar-refractivity contribution in [2.75, 3.05) is 0 Å². The lowest BCUT2D eigenvalue weighted by Gasteiger charge is -2.34. The van der Waals surface area contributed by atoms with Gasteiger partial charge < -0.3 is 10.2 Å². The summed E-state index contributed by atoms with van der Waals surface area (Å²) in [6.45, 7) is 5.49. The molecule has 2 nitrogen and oxygen atoms in total. The molecule has 0 spiro atoms. The number of aliphatic hydroxyl groups excluding tert-OH is 2. The van der Waals surface area contributed by atoms with Crippen molar-refractivity contribution in [2.45, 2.75) is 71.0 Å². The van der Waals surface area contributed by atoms with E-state index in [1.165, 1.54) is 0 Å². The maximum Gasteiger partial charge on any atom is 0.248 e. The molecule has 0 amide bonds. The lowest BCUT2D eigenvalue weighted by atomic mass is 9.78. The highest BCUT2D eigenvalue weighted by atomic mass is 19.3. The van der Waals surface area contributed by atoms with Crippen LogP contribution in [-0.2, 0) is 0 Å². The van der Waals surface area contributed by atoms with Crippen molar-refractivity contribution < 1.29 is 19.0 Å². The van der Waals surface area contributed by atoms with Gasteiger partial charge in [-0.05, 0) is 30.6 Å². The minimum atomic E-state index is -2.59. The molecule has 0 aromatic rings. The number of aliphatic hydroxyl groups is 2. The number of hydrogen-bond acceptors (Lipinski definition) is 2. The summed E-state index contributed by atoms with van der Waals surface area (Å²) in [5, 5.41) is 19.8. The molecule has 3 atom stereocenters. The van der Waals surface area contributed by atoms with Crippen molar-refractivity contribution in [1.82, 2.24) is 0 Å². The molecule has 0 aromatic heterocycles. The Bertz CT molecular complexity index is 245. The molecular formula is C13H24F2O2. The molecule has 0 saturated heterocycles. The van der Waals surface area contributed by atoms with Crippen molar-refractivity contribution >= 4 is 0 Å². The van der Waals surface area contributed by atoms with Crippen LogP contribution in [0.3, 0.4) is 0 Å². The van der Waals surface area contributed by atoms with E-state index in [0.717, 1.165) is 6.42 Å². The van der Waals surface area contributed by atoms with Crippen LogP contribution in [0.5, 0.6) is 0 Å². The van der Waals surface area contributed by atoms with Gasteiger partial charge >= 0.3 is 0 Å². The molecule has 0 aromatic carbocycles. The molecule has 1 fully saturated rings. The highest BCUT2D eigenvalue weighted by Crippen LogP contribution is 2.39. The predicted molar refractivity (Wildman–Crippen MR) is 63.0 cm³/mol. The van der Waals surface area contributed by atoms with Crippen molar-refractivity contribution in [1.29, 1.82) is 0 Å². The summed E-state index contributed by atoms with van der Waals surface area (Å²) in [4.78, 5) is 0. The van der Waals surface area contributed by atoms with E-state index in [1.54, 1.807) is 0 Å². The third kappa shape index (κ3) is 4.51. The first-order chi connectivity index (χ1) is 7.62. The van der Waals surface area contributed by atoms with Gasteiger partial charge in [-0.2, -0.15) is 0 Å². The van der Waals surface area contributed by atoms with Gasteiger partial charge in [-0.1, -0.05) is 20.8 Å². The Morgan fingerprint density at radius 2 is 1.88 bits per heavy atom. The number of halogens is 2. The second-order valence-corrected chi connectivity index (χ2v) is 6.43. The van der Waals surface area contributed by atoms with E-state index in [1.807, 2.05) is 20.8 Å². The highest BCUT2D eigenvalue weighted by Gasteiger charge is 2.38. The average Bonchev–Trinajstić information content (AvgIpc) is 2.13. The van der Waals surface area contributed by atoms with E-state index in [-0.39, 0.29) is 25.2 Å². The van der Waals surface area contributed by atoms with Crippen LogP contribution in [0.4, 0.5) is 8.78 Å². The molecule has 0 radical (unpaired) electrons. The van der Waals surface area contributed by atoms with E-state index >= 15 is 0 Å². The predicted octanol–water partition coefficient (Wildman–Crippen LogP) is 2.97. The average molecular weight is 250 g/mol. The van der Waals surface area contributed by atoms with Crippen molar-refractivity contribution in [3.8, 4) is 0 Å². The van der Waals surface area contributed by atoms with E-state index in [0.29, 0.717) is 6.42 Å². The zero-order valence-corrected chi connectivity index (χ0v) is 10.9. The van der Waals surface area contributed by atoms with Crippen LogP contribution in [0.15, 0.2) is 0 Å². The zero-order valence-electron chi connectivity index (χ0n) is 10.9. The Balaban J connectivity index is 2.48. The van der Waals surface area contributed by atoms with Crippen LogP contribution in [0.25, 0.3) is 0 Å². The van der Waals surface area contributed by atoms with Crippen LogP contribution in [-0.4, -0.2) is 28.3 Å². The molecule has 1 aliphatic carbocycles. The maximum atomic E-state index is 13.2. The molecule has 102 valence electrons. The molecule has 0 bridgehead atoms. The van der Waals surface area contributed by atoms with E-state index in [4.69, 9.17) is 0 Å². The molecule has 2 N–H and O–H groups in total. The monoisotopic (exact) mass is 250 g/mol. The minimum Gasteiger partial charge on any atom is -0.390 e. The second-order valence-electron chi connectivity index (χ2n) is 6.43. The quantitative estimate of drug-likeness (QED) is 0.808. The van der Waals surface area contributed by atoms with Gasteiger partial charge in [-0.3, -0.25) is 0 Å². The Morgan fingerprint density at radius 3 is 2.35 bits per heavy atom. The summed E-state index contributed by atoms with van der Waals surface area (Å²) >= 11 is 0. The topological polar surface area (TPSA) is 40.5 Å². The van der Waals surface area contributed by atoms with Gasteiger partial charge in [0, 0.05) is 12.8 Å². The van der Waals surface area contributed by atoms with Crippen LogP contribution >= 0.6 is 0 Å². The first kappa shape index (κ1) is 14.8. The van der Waals surface area contributed by atoms with Crippen molar-refractivity contribution in [2.24, 2.45) is 11.3 Å². The summed E-state index contributed by atoms with van der Waals surface area (Å²) in [5.74, 6) is -2.76. The fraction of sp³-hybridized carbons (Fsp3) is 1.00. The van der Waals surface area contributed by atoms with Crippen molar-refractivity contribution in [3.63, 3.8) is 0 Å². The van der Waals surface area contributed by atoms with Crippen LogP contribution in [0.2, 0.25) is 0 Å². The van der Waals surface area contributed by atoms with E-state index in [9.17, 15) is 19.0 Å². The maximum absolute atomic E-state index is 13.2. The van der Waals surface area contributed by atoms with E-state index < -0.39 is 23.5 Å². The van der Waals surface area contributed by atoms with Gasteiger partial charge in [0.15, 0.2) is 0 Å². The van der Waals surface area contributed by atoms with Gasteiger partial charge in [0.2, 0.25) is 5.92 Å². The Kier molecular flexibility index (Phi) is 4.53. The highest BCUT2D eigenvalue weighted by molar-refractivity contribution is 4.85. The van der Waals surface area contributed by atoms with Crippen molar-refractivity contribution in [3.05, 3.63) is 0 Å². The first-order valence-corrected chi connectivity index (χ1v) is 6.36. The molecular weight excluding hydrogens is 226 g/mol. The third-order valence-electron chi connectivity index (χ3n) is 3.57. The lowest BCUT2D eigenvalue weighted by molar-refractivity contribution is -0.0824. The van der Waals surface area contributed by atoms with Gasteiger partial charge in [-0.25, -0.2) is 8.78 Å². The Morgan fingerprint density at radius 1 is 1.29 bits per heavy atom. The molecule has 1 saturated carbocycles. The largest absolute Gasteiger partial charge is 0.390 e. The molecule has 4 heteroatoms. The lowest BCUT2D eigenvalue weighted by Crippen LogP contribution is -2.40. The fourth-order valence-corrected chi connectivity index (χ4v) is 2.52. The summed E-state index contributed by atoms with van der Waals surface area (Å²) in [6, 6.07) is 0. The standard InChI is InChI=1S/C13H24F2O2/c1-12(2,3)11(17)10(16)7-9-5-4-6-13(14,15)8-9/h9-11,16-17H,4-8H2,1-3H3. The normalized spacial score (nSPS) is 28.8. The van der Waals surface area contributed by atoms with Crippen LogP contribution in [0.1, 0.15) is 52.9 Å². The summed E-state index contributed by atoms with van der Waals surface area (Å²) in [5.41, 5.74) is -0.420. The Labute approximate surface area is 102 Å². The summed E-state index contributed by atoms with van der Waals surface area (Å²) in [7, 11) is 0. The van der Waals surface area contributed by atoms with Gasteiger partial charge in [0.25, 0.3) is 0 Å². The third-order valence-corrected chi connectivity index (χ3v) is 3.57. The smallest absolute Gasteiger partial charge is 0.248 e. The number of alkyl halides is 2.